The third-order valence-corrected chi connectivity index (χ3v) is 2.40. The van der Waals surface area contributed by atoms with Crippen molar-refractivity contribution in [3.05, 3.63) is 72.8 Å². The molecule has 0 aliphatic carbocycles. The lowest BCUT2D eigenvalue weighted by atomic mass is 10.3. The highest BCUT2D eigenvalue weighted by atomic mass is 16.5. The molecule has 0 aliphatic rings. The number of benzene rings is 2. The van der Waals surface area contributed by atoms with Crippen LogP contribution < -0.4 is 10.1 Å². The van der Waals surface area contributed by atoms with E-state index in [4.69, 9.17) is 4.74 Å². The highest BCUT2D eigenvalue weighted by Gasteiger charge is 1.95. The topological polar surface area (TPSA) is 38.3 Å². The Hall–Kier alpha value is -2.55. The Bertz CT molecular complexity index is 535. The van der Waals surface area contributed by atoms with E-state index in [-0.39, 0.29) is 5.91 Å². The van der Waals surface area contributed by atoms with Gasteiger partial charge in [-0.2, -0.15) is 0 Å². The number of carbonyl (C=O) groups is 1. The molecule has 3 heteroatoms. The zero-order valence-electron chi connectivity index (χ0n) is 10.5. The van der Waals surface area contributed by atoms with Crippen molar-refractivity contribution in [2.45, 2.75) is 0 Å². The number of anilines is 1. The first-order valence-electron chi connectivity index (χ1n) is 6.05. The van der Waals surface area contributed by atoms with Crippen LogP contribution in [0.3, 0.4) is 0 Å². The summed E-state index contributed by atoms with van der Waals surface area (Å²) in [5.74, 6) is 0.624. The standard InChI is InChI=1S/C16H15NO2/c18-16(17-14-8-3-1-4-9-14)12-7-13-19-15-10-5-2-6-11-15/h1-12H,13H2,(H,17,18)/b12-7+. The molecule has 19 heavy (non-hydrogen) atoms. The molecule has 0 bridgehead atoms. The normalized spacial score (nSPS) is 10.3. The second kappa shape index (κ2) is 7.01. The molecular formula is C16H15NO2. The molecule has 0 atom stereocenters. The molecule has 0 saturated heterocycles. The van der Waals surface area contributed by atoms with Gasteiger partial charge in [-0.15, -0.1) is 0 Å². The minimum absolute atomic E-state index is 0.164. The molecule has 0 aliphatic heterocycles. The molecule has 0 fully saturated rings. The SMILES string of the molecule is O=C(/C=C/COc1ccccc1)Nc1ccccc1. The largest absolute Gasteiger partial charge is 0.490 e. The highest BCUT2D eigenvalue weighted by molar-refractivity contribution is 5.99. The minimum atomic E-state index is -0.164. The number of hydrogen-bond donors (Lipinski definition) is 1. The van der Waals surface area contributed by atoms with Crippen LogP contribution in [-0.2, 0) is 4.79 Å². The summed E-state index contributed by atoms with van der Waals surface area (Å²) < 4.78 is 5.44. The first-order valence-corrected chi connectivity index (χ1v) is 6.05. The van der Waals surface area contributed by atoms with Crippen LogP contribution in [0.15, 0.2) is 72.8 Å². The molecule has 2 aromatic rings. The van der Waals surface area contributed by atoms with Crippen molar-refractivity contribution in [3.8, 4) is 5.75 Å². The summed E-state index contributed by atoms with van der Waals surface area (Å²) in [6, 6.07) is 18.8. The summed E-state index contributed by atoms with van der Waals surface area (Å²) in [6.45, 7) is 0.367. The Morgan fingerprint density at radius 3 is 2.32 bits per heavy atom. The van der Waals surface area contributed by atoms with Gasteiger partial charge in [0.05, 0.1) is 0 Å². The van der Waals surface area contributed by atoms with E-state index >= 15 is 0 Å². The lowest BCUT2D eigenvalue weighted by molar-refractivity contribution is -0.111. The summed E-state index contributed by atoms with van der Waals surface area (Å²) in [5, 5.41) is 2.76. The van der Waals surface area contributed by atoms with Crippen molar-refractivity contribution >= 4 is 11.6 Å². The van der Waals surface area contributed by atoms with Crippen LogP contribution in [0.5, 0.6) is 5.75 Å². The van der Waals surface area contributed by atoms with Crippen LogP contribution >= 0.6 is 0 Å². The molecule has 2 rings (SSSR count). The van der Waals surface area contributed by atoms with Gasteiger partial charge in [0.2, 0.25) is 5.91 Å². The summed E-state index contributed by atoms with van der Waals surface area (Å²) in [6.07, 6.45) is 3.15. The predicted octanol–water partition coefficient (Wildman–Crippen LogP) is 3.26. The van der Waals surface area contributed by atoms with Crippen molar-refractivity contribution < 1.29 is 9.53 Å². The molecule has 2 aromatic carbocycles. The molecule has 0 radical (unpaired) electrons. The van der Waals surface area contributed by atoms with Crippen LogP contribution in [0.1, 0.15) is 0 Å². The van der Waals surface area contributed by atoms with Gasteiger partial charge in [-0.05, 0) is 30.3 Å². The first-order chi connectivity index (χ1) is 9.34. The number of ether oxygens (including phenoxy) is 1. The third kappa shape index (κ3) is 4.68. The zero-order chi connectivity index (χ0) is 13.3. The smallest absolute Gasteiger partial charge is 0.248 e. The Kier molecular flexibility index (Phi) is 4.76. The summed E-state index contributed by atoms with van der Waals surface area (Å²) in [7, 11) is 0. The van der Waals surface area contributed by atoms with E-state index in [9.17, 15) is 4.79 Å². The molecule has 0 heterocycles. The maximum atomic E-state index is 11.6. The Labute approximate surface area is 112 Å². The van der Waals surface area contributed by atoms with Crippen LogP contribution in [0, 0.1) is 0 Å². The van der Waals surface area contributed by atoms with Gasteiger partial charge in [-0.25, -0.2) is 0 Å². The van der Waals surface area contributed by atoms with Gasteiger partial charge in [0.15, 0.2) is 0 Å². The van der Waals surface area contributed by atoms with Crippen molar-refractivity contribution in [2.75, 3.05) is 11.9 Å². The monoisotopic (exact) mass is 253 g/mol. The Morgan fingerprint density at radius 2 is 1.63 bits per heavy atom. The van der Waals surface area contributed by atoms with E-state index in [1.165, 1.54) is 6.08 Å². The quantitative estimate of drug-likeness (QED) is 0.830. The van der Waals surface area contributed by atoms with Gasteiger partial charge in [-0.1, -0.05) is 36.4 Å². The van der Waals surface area contributed by atoms with E-state index in [0.29, 0.717) is 6.61 Å². The predicted molar refractivity (Wildman–Crippen MR) is 76.1 cm³/mol. The van der Waals surface area contributed by atoms with Gasteiger partial charge in [0.25, 0.3) is 0 Å². The lowest BCUT2D eigenvalue weighted by Crippen LogP contribution is -2.08. The van der Waals surface area contributed by atoms with Gasteiger partial charge in [-0.3, -0.25) is 4.79 Å². The van der Waals surface area contributed by atoms with Crippen LogP contribution in [0.4, 0.5) is 5.69 Å². The fraction of sp³-hybridized carbons (Fsp3) is 0.0625. The molecule has 0 saturated carbocycles. The van der Waals surface area contributed by atoms with Crippen molar-refractivity contribution in [2.24, 2.45) is 0 Å². The highest BCUT2D eigenvalue weighted by Crippen LogP contribution is 2.08. The van der Waals surface area contributed by atoms with E-state index in [1.54, 1.807) is 6.08 Å². The van der Waals surface area contributed by atoms with Crippen molar-refractivity contribution in [1.82, 2.24) is 0 Å². The van der Waals surface area contributed by atoms with Crippen LogP contribution in [0.25, 0.3) is 0 Å². The first kappa shape index (κ1) is 12.9. The molecule has 1 N–H and O–H groups in total. The number of para-hydroxylation sites is 2. The average Bonchev–Trinajstić information content (AvgIpc) is 2.46. The van der Waals surface area contributed by atoms with E-state index in [0.717, 1.165) is 11.4 Å². The van der Waals surface area contributed by atoms with Gasteiger partial charge >= 0.3 is 0 Å². The molecule has 0 spiro atoms. The number of rotatable bonds is 5. The fourth-order valence-corrected chi connectivity index (χ4v) is 1.52. The van der Waals surface area contributed by atoms with E-state index in [1.807, 2.05) is 60.7 Å². The molecule has 3 nitrogen and oxygen atoms in total. The average molecular weight is 253 g/mol. The van der Waals surface area contributed by atoms with Crippen LogP contribution in [-0.4, -0.2) is 12.5 Å². The second-order valence-corrected chi connectivity index (χ2v) is 3.88. The third-order valence-electron chi connectivity index (χ3n) is 2.40. The maximum Gasteiger partial charge on any atom is 0.248 e. The van der Waals surface area contributed by atoms with Gasteiger partial charge in [0, 0.05) is 11.8 Å². The van der Waals surface area contributed by atoms with Crippen molar-refractivity contribution in [3.63, 3.8) is 0 Å². The summed E-state index contributed by atoms with van der Waals surface area (Å²) >= 11 is 0. The maximum absolute atomic E-state index is 11.6. The van der Waals surface area contributed by atoms with E-state index in [2.05, 4.69) is 5.32 Å². The number of hydrogen-bond acceptors (Lipinski definition) is 2. The molecule has 1 amide bonds. The van der Waals surface area contributed by atoms with E-state index < -0.39 is 0 Å². The summed E-state index contributed by atoms with van der Waals surface area (Å²) in [5.41, 5.74) is 0.779. The zero-order valence-corrected chi connectivity index (χ0v) is 10.5. The second-order valence-electron chi connectivity index (χ2n) is 3.88. The number of amides is 1. The van der Waals surface area contributed by atoms with Crippen molar-refractivity contribution in [1.29, 1.82) is 0 Å². The minimum Gasteiger partial charge on any atom is -0.490 e. The Balaban J connectivity index is 1.75. The molecule has 96 valence electrons. The number of nitrogens with one attached hydrogen (secondary N) is 1. The van der Waals surface area contributed by atoms with Gasteiger partial charge in [0.1, 0.15) is 12.4 Å². The summed E-state index contributed by atoms with van der Waals surface area (Å²) in [4.78, 5) is 11.6. The fourth-order valence-electron chi connectivity index (χ4n) is 1.52. The number of carbonyl (C=O) groups excluding carboxylic acids is 1. The molecule has 0 aromatic heterocycles. The molecular weight excluding hydrogens is 238 g/mol. The lowest BCUT2D eigenvalue weighted by Gasteiger charge is -2.02. The van der Waals surface area contributed by atoms with Gasteiger partial charge < -0.3 is 10.1 Å². The molecule has 0 unspecified atom stereocenters. The van der Waals surface area contributed by atoms with Crippen LogP contribution in [0.2, 0.25) is 0 Å². The Morgan fingerprint density at radius 1 is 1.00 bits per heavy atom.